The summed E-state index contributed by atoms with van der Waals surface area (Å²) in [5, 5.41) is 3.60. The number of sulfonamides is 1. The fraction of sp³-hybridized carbons (Fsp3) is 0.310. The monoisotopic (exact) mass is 589 g/mol. The standard InChI is InChI=1S/C29H33Cl2N3O4S/c1-20-8-6-9-22(16-20)18-33(21(2)28(36)32-29(3,4)5)27(35)19-34(25-11-7-10-24(31)17-25)39(37,38)26-14-12-23(30)13-15-26/h6-17,21H,18-19H2,1-5H3,(H,32,36). The molecule has 3 aromatic carbocycles. The molecule has 3 rings (SSSR count). The predicted molar refractivity (Wildman–Crippen MR) is 157 cm³/mol. The van der Waals surface area contributed by atoms with E-state index in [1.165, 1.54) is 35.2 Å². The Hall–Kier alpha value is -3.07. The second-order valence-corrected chi connectivity index (χ2v) is 13.1. The van der Waals surface area contributed by atoms with Gasteiger partial charge in [-0.15, -0.1) is 0 Å². The molecule has 0 aliphatic heterocycles. The molecule has 0 heterocycles. The van der Waals surface area contributed by atoms with Gasteiger partial charge in [0.1, 0.15) is 12.6 Å². The SMILES string of the molecule is Cc1cccc(CN(C(=O)CN(c2cccc(Cl)c2)S(=O)(=O)c2ccc(Cl)cc2)C(C)C(=O)NC(C)(C)C)c1. The lowest BCUT2D eigenvalue weighted by Crippen LogP contribution is -2.54. The summed E-state index contributed by atoms with van der Waals surface area (Å²) in [6.45, 7) is 8.68. The molecule has 39 heavy (non-hydrogen) atoms. The van der Waals surface area contributed by atoms with E-state index in [-0.39, 0.29) is 23.0 Å². The molecule has 0 bridgehead atoms. The summed E-state index contributed by atoms with van der Waals surface area (Å²) < 4.78 is 28.6. The lowest BCUT2D eigenvalue weighted by Gasteiger charge is -2.33. The van der Waals surface area contributed by atoms with E-state index in [9.17, 15) is 18.0 Å². The first-order chi connectivity index (χ1) is 18.2. The van der Waals surface area contributed by atoms with Crippen LogP contribution in [0.15, 0.2) is 77.7 Å². The summed E-state index contributed by atoms with van der Waals surface area (Å²) in [4.78, 5) is 28.4. The summed E-state index contributed by atoms with van der Waals surface area (Å²) in [5.41, 5.74) is 1.51. The molecule has 10 heteroatoms. The van der Waals surface area contributed by atoms with Crippen LogP contribution in [0.4, 0.5) is 5.69 Å². The molecule has 1 unspecified atom stereocenters. The zero-order valence-electron chi connectivity index (χ0n) is 22.6. The van der Waals surface area contributed by atoms with E-state index >= 15 is 0 Å². The third-order valence-electron chi connectivity index (χ3n) is 5.88. The van der Waals surface area contributed by atoms with Crippen LogP contribution < -0.4 is 9.62 Å². The van der Waals surface area contributed by atoms with Gasteiger partial charge in [-0.3, -0.25) is 13.9 Å². The molecule has 208 valence electrons. The Morgan fingerprint density at radius 2 is 1.56 bits per heavy atom. The van der Waals surface area contributed by atoms with Gasteiger partial charge in [-0.05, 0) is 82.6 Å². The van der Waals surface area contributed by atoms with E-state index in [0.29, 0.717) is 10.0 Å². The lowest BCUT2D eigenvalue weighted by molar-refractivity contribution is -0.140. The van der Waals surface area contributed by atoms with Gasteiger partial charge < -0.3 is 10.2 Å². The molecule has 7 nitrogen and oxygen atoms in total. The van der Waals surface area contributed by atoms with Crippen molar-refractivity contribution in [1.29, 1.82) is 0 Å². The molecule has 0 spiro atoms. The van der Waals surface area contributed by atoms with E-state index in [4.69, 9.17) is 23.2 Å². The molecule has 0 fully saturated rings. The van der Waals surface area contributed by atoms with Gasteiger partial charge in [0.05, 0.1) is 10.6 Å². The van der Waals surface area contributed by atoms with Crippen molar-refractivity contribution in [3.8, 4) is 0 Å². The second kappa shape index (κ2) is 12.4. The molecule has 2 amide bonds. The number of carbonyl (C=O) groups excluding carboxylic acids is 2. The van der Waals surface area contributed by atoms with Crippen molar-refractivity contribution in [3.63, 3.8) is 0 Å². The highest BCUT2D eigenvalue weighted by Gasteiger charge is 2.33. The maximum absolute atomic E-state index is 13.9. The lowest BCUT2D eigenvalue weighted by atomic mass is 10.1. The van der Waals surface area contributed by atoms with Crippen LogP contribution in [0.1, 0.15) is 38.8 Å². The molecule has 0 aromatic heterocycles. The molecule has 1 atom stereocenters. The topological polar surface area (TPSA) is 86.8 Å². The van der Waals surface area contributed by atoms with Crippen LogP contribution in [0.2, 0.25) is 10.0 Å². The highest BCUT2D eigenvalue weighted by molar-refractivity contribution is 7.92. The van der Waals surface area contributed by atoms with Gasteiger partial charge in [0.2, 0.25) is 11.8 Å². The first kappa shape index (κ1) is 30.5. The van der Waals surface area contributed by atoms with Gasteiger partial charge in [0, 0.05) is 22.1 Å². The molecule has 0 saturated carbocycles. The van der Waals surface area contributed by atoms with Gasteiger partial charge in [0.25, 0.3) is 10.0 Å². The fourth-order valence-electron chi connectivity index (χ4n) is 3.96. The summed E-state index contributed by atoms with van der Waals surface area (Å²) in [6, 6.07) is 18.7. The molecule has 3 aromatic rings. The number of hydrogen-bond donors (Lipinski definition) is 1. The van der Waals surface area contributed by atoms with Crippen LogP contribution in [0.5, 0.6) is 0 Å². The highest BCUT2D eigenvalue weighted by Crippen LogP contribution is 2.27. The Bertz CT molecular complexity index is 1440. The van der Waals surface area contributed by atoms with Crippen molar-refractivity contribution in [3.05, 3.63) is 94.0 Å². The van der Waals surface area contributed by atoms with Crippen LogP contribution in [0.3, 0.4) is 0 Å². The van der Waals surface area contributed by atoms with Crippen LogP contribution in [-0.4, -0.2) is 43.3 Å². The zero-order chi connectivity index (χ0) is 29.0. The summed E-state index contributed by atoms with van der Waals surface area (Å²) in [6.07, 6.45) is 0. The van der Waals surface area contributed by atoms with E-state index in [1.54, 1.807) is 25.1 Å². The molecular formula is C29H33Cl2N3O4S. The molecule has 0 saturated heterocycles. The Morgan fingerprint density at radius 3 is 2.15 bits per heavy atom. The number of anilines is 1. The number of benzene rings is 3. The molecule has 0 aliphatic carbocycles. The first-order valence-corrected chi connectivity index (χ1v) is 14.6. The maximum atomic E-state index is 13.9. The largest absolute Gasteiger partial charge is 0.350 e. The van der Waals surface area contributed by atoms with E-state index < -0.39 is 34.1 Å². The van der Waals surface area contributed by atoms with Crippen molar-refractivity contribution in [2.24, 2.45) is 0 Å². The average Bonchev–Trinajstić information content (AvgIpc) is 2.84. The predicted octanol–water partition coefficient (Wildman–Crippen LogP) is 5.83. The number of amides is 2. The smallest absolute Gasteiger partial charge is 0.264 e. The number of nitrogens with zero attached hydrogens (tertiary/aromatic N) is 2. The summed E-state index contributed by atoms with van der Waals surface area (Å²) >= 11 is 12.2. The van der Waals surface area contributed by atoms with Crippen molar-refractivity contribution >= 4 is 50.7 Å². The molecule has 0 radical (unpaired) electrons. The van der Waals surface area contributed by atoms with Crippen molar-refractivity contribution in [1.82, 2.24) is 10.2 Å². The number of aryl methyl sites for hydroxylation is 1. The van der Waals surface area contributed by atoms with Crippen LogP contribution in [0.25, 0.3) is 0 Å². The van der Waals surface area contributed by atoms with Crippen LogP contribution >= 0.6 is 23.2 Å². The third kappa shape index (κ3) is 8.21. The number of rotatable bonds is 9. The minimum Gasteiger partial charge on any atom is -0.350 e. The quantitative estimate of drug-likeness (QED) is 0.340. The summed E-state index contributed by atoms with van der Waals surface area (Å²) in [5.74, 6) is -0.899. The third-order valence-corrected chi connectivity index (χ3v) is 8.15. The minimum absolute atomic E-state index is 0.0385. The number of halogens is 2. The van der Waals surface area contributed by atoms with Crippen molar-refractivity contribution < 1.29 is 18.0 Å². The maximum Gasteiger partial charge on any atom is 0.264 e. The molecule has 0 aliphatic rings. The van der Waals surface area contributed by atoms with E-state index in [0.717, 1.165) is 15.4 Å². The molecule has 1 N–H and O–H groups in total. The van der Waals surface area contributed by atoms with Gasteiger partial charge in [-0.25, -0.2) is 8.42 Å². The highest BCUT2D eigenvalue weighted by atomic mass is 35.5. The summed E-state index contributed by atoms with van der Waals surface area (Å²) in [7, 11) is -4.20. The Labute approximate surface area is 240 Å². The zero-order valence-corrected chi connectivity index (χ0v) is 24.9. The minimum atomic E-state index is -4.20. The normalized spacial score (nSPS) is 12.5. The number of hydrogen-bond acceptors (Lipinski definition) is 4. The van der Waals surface area contributed by atoms with Crippen LogP contribution in [-0.2, 0) is 26.2 Å². The number of nitrogens with one attached hydrogen (secondary N) is 1. The van der Waals surface area contributed by atoms with Gasteiger partial charge >= 0.3 is 0 Å². The first-order valence-electron chi connectivity index (χ1n) is 12.4. The molecular weight excluding hydrogens is 557 g/mol. The van der Waals surface area contributed by atoms with Gasteiger partial charge in [-0.1, -0.05) is 59.1 Å². The van der Waals surface area contributed by atoms with Crippen molar-refractivity contribution in [2.75, 3.05) is 10.8 Å². The fourth-order valence-corrected chi connectivity index (χ4v) is 5.67. The Morgan fingerprint density at radius 1 is 0.923 bits per heavy atom. The number of carbonyl (C=O) groups is 2. The van der Waals surface area contributed by atoms with Crippen LogP contribution in [0, 0.1) is 6.92 Å². The van der Waals surface area contributed by atoms with Crippen molar-refractivity contribution in [2.45, 2.75) is 57.6 Å². The average molecular weight is 591 g/mol. The van der Waals surface area contributed by atoms with Gasteiger partial charge in [-0.2, -0.15) is 0 Å². The second-order valence-electron chi connectivity index (χ2n) is 10.4. The van der Waals surface area contributed by atoms with E-state index in [1.807, 2.05) is 52.0 Å². The van der Waals surface area contributed by atoms with Gasteiger partial charge in [0.15, 0.2) is 0 Å². The Kier molecular flexibility index (Phi) is 9.69. The Balaban J connectivity index is 2.04. The van der Waals surface area contributed by atoms with E-state index in [2.05, 4.69) is 5.32 Å².